The van der Waals surface area contributed by atoms with Crippen molar-refractivity contribution in [2.45, 2.75) is 0 Å². The molecule has 2 N–H and O–H groups in total. The molecule has 2 aromatic rings. The molecule has 124 valence electrons. The standard InChI is InChI=1S/C15H9Cl4N3O2/c16-9-2-1-8(13(19)6-9)7-20-22-15(24)14(23)21-12-4-10(17)3-11(18)5-12/h1-7H,(H,21,23)(H,22,24)/b20-7-. The lowest BCUT2D eigenvalue weighted by molar-refractivity contribution is -0.136. The molecule has 2 rings (SSSR count). The molecule has 2 amide bonds. The van der Waals surface area contributed by atoms with Crippen LogP contribution < -0.4 is 10.7 Å². The van der Waals surface area contributed by atoms with E-state index in [2.05, 4.69) is 15.8 Å². The van der Waals surface area contributed by atoms with Crippen LogP contribution >= 0.6 is 46.4 Å². The lowest BCUT2D eigenvalue weighted by Gasteiger charge is -2.05. The van der Waals surface area contributed by atoms with E-state index in [1.165, 1.54) is 30.5 Å². The average Bonchev–Trinajstić information content (AvgIpc) is 2.48. The van der Waals surface area contributed by atoms with E-state index in [9.17, 15) is 9.59 Å². The lowest BCUT2D eigenvalue weighted by Crippen LogP contribution is -2.32. The molecule has 0 aliphatic heterocycles. The zero-order chi connectivity index (χ0) is 17.7. The molecule has 0 fully saturated rings. The monoisotopic (exact) mass is 403 g/mol. The van der Waals surface area contributed by atoms with Crippen molar-refractivity contribution in [3.8, 4) is 0 Å². The molecule has 0 heterocycles. The number of nitrogens with zero attached hydrogens (tertiary/aromatic N) is 1. The van der Waals surface area contributed by atoms with Crippen LogP contribution in [0, 0.1) is 0 Å². The van der Waals surface area contributed by atoms with Crippen molar-refractivity contribution in [1.82, 2.24) is 5.43 Å². The molecule has 0 aromatic heterocycles. The van der Waals surface area contributed by atoms with Crippen LogP contribution in [0.5, 0.6) is 0 Å². The van der Waals surface area contributed by atoms with Crippen molar-refractivity contribution >= 4 is 70.1 Å². The van der Waals surface area contributed by atoms with E-state index in [4.69, 9.17) is 46.4 Å². The minimum absolute atomic E-state index is 0.289. The zero-order valence-electron chi connectivity index (χ0n) is 11.8. The fraction of sp³-hybridized carbons (Fsp3) is 0. The number of carbonyl (C=O) groups is 2. The number of amides is 2. The molecule has 9 heteroatoms. The highest BCUT2D eigenvalue weighted by molar-refractivity contribution is 6.40. The zero-order valence-corrected chi connectivity index (χ0v) is 14.8. The Morgan fingerprint density at radius 2 is 1.54 bits per heavy atom. The number of hydrazone groups is 1. The van der Waals surface area contributed by atoms with Crippen molar-refractivity contribution in [3.63, 3.8) is 0 Å². The number of anilines is 1. The molecule has 0 saturated carbocycles. The van der Waals surface area contributed by atoms with Gasteiger partial charge in [0.2, 0.25) is 0 Å². The first-order chi connectivity index (χ1) is 11.3. The second kappa shape index (κ2) is 8.35. The second-order valence-corrected chi connectivity index (χ2v) is 6.19. The molecular formula is C15H9Cl4N3O2. The van der Waals surface area contributed by atoms with Crippen LogP contribution in [0.3, 0.4) is 0 Å². The van der Waals surface area contributed by atoms with Crippen molar-refractivity contribution < 1.29 is 9.59 Å². The van der Waals surface area contributed by atoms with Crippen LogP contribution in [0.15, 0.2) is 41.5 Å². The van der Waals surface area contributed by atoms with Crippen molar-refractivity contribution in [2.75, 3.05) is 5.32 Å². The Balaban J connectivity index is 1.96. The highest BCUT2D eigenvalue weighted by atomic mass is 35.5. The van der Waals surface area contributed by atoms with Gasteiger partial charge >= 0.3 is 11.8 Å². The van der Waals surface area contributed by atoms with Gasteiger partial charge in [-0.15, -0.1) is 0 Å². The number of carbonyl (C=O) groups excluding carboxylic acids is 2. The Kier molecular flexibility index (Phi) is 6.45. The SMILES string of the molecule is O=C(N/N=C\c1ccc(Cl)cc1Cl)C(=O)Nc1cc(Cl)cc(Cl)c1. The van der Waals surface area contributed by atoms with Crippen molar-refractivity contribution in [2.24, 2.45) is 5.10 Å². The van der Waals surface area contributed by atoms with Crippen LogP contribution in [0.25, 0.3) is 0 Å². The predicted octanol–water partition coefficient (Wildman–Crippen LogP) is 4.39. The molecule has 0 bridgehead atoms. The summed E-state index contributed by atoms with van der Waals surface area (Å²) < 4.78 is 0. The fourth-order valence-electron chi connectivity index (χ4n) is 1.63. The molecule has 24 heavy (non-hydrogen) atoms. The smallest absolute Gasteiger partial charge is 0.318 e. The average molecular weight is 405 g/mol. The first kappa shape index (κ1) is 18.5. The molecule has 0 radical (unpaired) electrons. The van der Waals surface area contributed by atoms with Crippen molar-refractivity contribution in [1.29, 1.82) is 0 Å². The minimum atomic E-state index is -0.965. The third kappa shape index (κ3) is 5.39. The third-order valence-corrected chi connectivity index (χ3v) is 3.66. The largest absolute Gasteiger partial charge is 0.329 e. The van der Waals surface area contributed by atoms with E-state index >= 15 is 0 Å². The summed E-state index contributed by atoms with van der Waals surface area (Å²) >= 11 is 23.3. The Bertz CT molecular complexity index is 804. The molecule has 5 nitrogen and oxygen atoms in total. The maximum atomic E-state index is 11.8. The van der Waals surface area contributed by atoms with E-state index < -0.39 is 11.8 Å². The summed E-state index contributed by atoms with van der Waals surface area (Å²) in [5.74, 6) is -1.89. The van der Waals surface area contributed by atoms with Gasteiger partial charge in [0.1, 0.15) is 0 Å². The number of halogens is 4. The van der Waals surface area contributed by atoms with Crippen LogP contribution in [-0.4, -0.2) is 18.0 Å². The highest BCUT2D eigenvalue weighted by Gasteiger charge is 2.13. The van der Waals surface area contributed by atoms with Gasteiger partial charge in [-0.2, -0.15) is 5.10 Å². The number of hydrogen-bond donors (Lipinski definition) is 2. The van der Waals surface area contributed by atoms with Crippen LogP contribution in [-0.2, 0) is 9.59 Å². The number of nitrogens with one attached hydrogen (secondary N) is 2. The normalized spacial score (nSPS) is 10.7. The Morgan fingerprint density at radius 1 is 0.875 bits per heavy atom. The van der Waals surface area contributed by atoms with Gasteiger partial charge < -0.3 is 5.32 Å². The first-order valence-corrected chi connectivity index (χ1v) is 7.92. The summed E-state index contributed by atoms with van der Waals surface area (Å²) in [6, 6.07) is 9.17. The number of rotatable bonds is 3. The molecule has 0 atom stereocenters. The Labute approximate surface area is 157 Å². The van der Waals surface area contributed by atoms with Gasteiger partial charge in [0.25, 0.3) is 0 Å². The van der Waals surface area contributed by atoms with Gasteiger partial charge in [-0.3, -0.25) is 9.59 Å². The van der Waals surface area contributed by atoms with E-state index in [-0.39, 0.29) is 5.69 Å². The van der Waals surface area contributed by atoms with Gasteiger partial charge in [0.05, 0.1) is 11.2 Å². The van der Waals surface area contributed by atoms with Gasteiger partial charge in [-0.25, -0.2) is 5.43 Å². The Hall–Kier alpha value is -1.79. The summed E-state index contributed by atoms with van der Waals surface area (Å²) in [5.41, 5.74) is 2.90. The number of benzene rings is 2. The Morgan fingerprint density at radius 3 is 2.17 bits per heavy atom. The molecule has 0 saturated heterocycles. The molecular weight excluding hydrogens is 396 g/mol. The molecule has 0 unspecified atom stereocenters. The lowest BCUT2D eigenvalue weighted by atomic mass is 10.2. The van der Waals surface area contributed by atoms with Gasteiger partial charge in [-0.05, 0) is 30.3 Å². The summed E-state index contributed by atoms with van der Waals surface area (Å²) in [5, 5.41) is 7.51. The van der Waals surface area contributed by atoms with E-state index in [1.807, 2.05) is 0 Å². The predicted molar refractivity (Wildman–Crippen MR) is 97.3 cm³/mol. The van der Waals surface area contributed by atoms with Crippen LogP contribution in [0.2, 0.25) is 20.1 Å². The van der Waals surface area contributed by atoms with Crippen molar-refractivity contribution in [3.05, 3.63) is 62.1 Å². The van der Waals surface area contributed by atoms with Gasteiger partial charge in [-0.1, -0.05) is 52.5 Å². The summed E-state index contributed by atoms with van der Waals surface area (Å²) in [6.45, 7) is 0. The van der Waals surface area contributed by atoms with E-state index in [0.29, 0.717) is 25.7 Å². The summed E-state index contributed by atoms with van der Waals surface area (Å²) in [4.78, 5) is 23.5. The van der Waals surface area contributed by atoms with Crippen LogP contribution in [0.1, 0.15) is 5.56 Å². The fourth-order valence-corrected chi connectivity index (χ4v) is 2.61. The minimum Gasteiger partial charge on any atom is -0.318 e. The van der Waals surface area contributed by atoms with Gasteiger partial charge in [0, 0.05) is 26.3 Å². The summed E-state index contributed by atoms with van der Waals surface area (Å²) in [7, 11) is 0. The van der Waals surface area contributed by atoms with Gasteiger partial charge in [0.15, 0.2) is 0 Å². The maximum Gasteiger partial charge on any atom is 0.329 e. The molecule has 2 aromatic carbocycles. The van der Waals surface area contributed by atoms with E-state index in [0.717, 1.165) is 0 Å². The topological polar surface area (TPSA) is 70.6 Å². The molecule has 0 spiro atoms. The molecule has 0 aliphatic rings. The maximum absolute atomic E-state index is 11.8. The summed E-state index contributed by atoms with van der Waals surface area (Å²) in [6.07, 6.45) is 1.29. The van der Waals surface area contributed by atoms with Crippen LogP contribution in [0.4, 0.5) is 5.69 Å². The first-order valence-electron chi connectivity index (χ1n) is 6.40. The number of hydrogen-bond acceptors (Lipinski definition) is 3. The second-order valence-electron chi connectivity index (χ2n) is 4.48. The van der Waals surface area contributed by atoms with E-state index in [1.54, 1.807) is 12.1 Å². The highest BCUT2D eigenvalue weighted by Crippen LogP contribution is 2.22. The molecule has 0 aliphatic carbocycles. The quantitative estimate of drug-likeness (QED) is 0.452. The third-order valence-electron chi connectivity index (χ3n) is 2.66.